The Morgan fingerprint density at radius 1 is 0.429 bits per heavy atom. The minimum Gasteiger partial charge on any atom is -0.389 e. The third-order valence-electron chi connectivity index (χ3n) is 12.5. The highest BCUT2D eigenvalue weighted by Gasteiger charge is 2.38. The molecule has 0 radical (unpaired) electrons. The van der Waals surface area contributed by atoms with E-state index in [-0.39, 0.29) is 118 Å². The zero-order chi connectivity index (χ0) is 57.9. The zero-order valence-corrected chi connectivity index (χ0v) is 46.5. The topological polar surface area (TPSA) is 516 Å². The van der Waals surface area contributed by atoms with Gasteiger partial charge in [-0.15, -0.1) is 0 Å². The summed E-state index contributed by atoms with van der Waals surface area (Å²) in [5, 5.41) is 17.3. The van der Waals surface area contributed by atoms with Crippen LogP contribution in [0, 0.1) is 5.92 Å². The van der Waals surface area contributed by atoms with Crippen LogP contribution in [0.1, 0.15) is 65.7 Å². The summed E-state index contributed by atoms with van der Waals surface area (Å²) in [7, 11) is 0. The first-order valence-corrected chi connectivity index (χ1v) is 27.0. The minimum atomic E-state index is -0.875. The normalized spacial score (nSPS) is 33.9. The first-order valence-electron chi connectivity index (χ1n) is 27.0. The highest BCUT2D eigenvalue weighted by molar-refractivity contribution is 5.17. The van der Waals surface area contributed by atoms with Crippen LogP contribution in [0.2, 0.25) is 0 Å². The van der Waals surface area contributed by atoms with Gasteiger partial charge in [0, 0.05) is 103 Å². The van der Waals surface area contributed by atoms with Gasteiger partial charge in [-0.3, -0.25) is 0 Å². The van der Waals surface area contributed by atoms with Crippen molar-refractivity contribution in [3.05, 3.63) is 35.9 Å². The number of hydrogen-bond donors (Lipinski definition) is 16. The fourth-order valence-corrected chi connectivity index (χ4v) is 7.87. The summed E-state index contributed by atoms with van der Waals surface area (Å²) in [6.07, 6.45) is -0.000826. The van der Waals surface area contributed by atoms with Gasteiger partial charge in [-0.1, -0.05) is 64.4 Å². The molecule has 6 aliphatic heterocycles. The van der Waals surface area contributed by atoms with E-state index in [2.05, 4.69) is 20.8 Å². The van der Waals surface area contributed by atoms with Gasteiger partial charge in [0.25, 0.3) is 0 Å². The summed E-state index contributed by atoms with van der Waals surface area (Å²) in [6.45, 7) is 16.2. The summed E-state index contributed by atoms with van der Waals surface area (Å²) in [5.41, 5.74) is 76.5. The van der Waals surface area contributed by atoms with E-state index in [9.17, 15) is 0 Å². The second-order valence-electron chi connectivity index (χ2n) is 18.7. The Hall–Kier alpha value is -1.90. The molecule has 14 atom stereocenters. The third-order valence-corrected chi connectivity index (χ3v) is 12.5. The largest absolute Gasteiger partial charge is 0.389 e. The third kappa shape index (κ3) is 26.3. The van der Waals surface area contributed by atoms with Crippen LogP contribution >= 0.6 is 0 Å². The second kappa shape index (κ2) is 42.9. The van der Waals surface area contributed by atoms with Crippen molar-refractivity contribution in [1.29, 1.82) is 0 Å². The molecule has 456 valence electrons. The highest BCUT2D eigenvalue weighted by atomic mass is 16.8. The first-order chi connectivity index (χ1) is 37.0. The van der Waals surface area contributed by atoms with E-state index < -0.39 is 12.2 Å². The van der Waals surface area contributed by atoms with Crippen molar-refractivity contribution in [2.75, 3.05) is 98.4 Å². The van der Waals surface area contributed by atoms with Crippen molar-refractivity contribution >= 4 is 0 Å². The quantitative estimate of drug-likeness (QED) is 0.0579. The Kier molecular flexibility index (Phi) is 40.7. The summed E-state index contributed by atoms with van der Waals surface area (Å²) >= 11 is 0. The Morgan fingerprint density at radius 3 is 1.04 bits per heavy atom. The second-order valence-corrected chi connectivity index (χ2v) is 18.7. The molecule has 6 fully saturated rings. The van der Waals surface area contributed by atoms with Gasteiger partial charge in [0.1, 0.15) is 80.0 Å². The number of rotatable bonds is 20. The highest BCUT2D eigenvalue weighted by Crippen LogP contribution is 2.30. The monoisotopic (exact) mass is 1110 g/mol. The van der Waals surface area contributed by atoms with Gasteiger partial charge < -0.3 is 147 Å². The Balaban J connectivity index is 0.000000453. The van der Waals surface area contributed by atoms with Gasteiger partial charge in [0.05, 0.1) is 12.2 Å². The Morgan fingerprint density at radius 2 is 0.740 bits per heavy atom. The van der Waals surface area contributed by atoms with Gasteiger partial charge in [0.15, 0.2) is 31.5 Å². The maximum absolute atomic E-state index is 8.67. The Bertz CT molecular complexity index is 1460. The molecule has 6 heterocycles. The molecule has 30 N–H and O–H groups in total. The SMILES string of the molecule is CC(C)C1OC(CN)C(CN)O1.CC1OC(CN)C(CN)O1.CCC1OC(CN)C(CN)O1.CCCC1OC(CN)C(CN)O1.NCC(O)C(O)CN.NCC1OC(c2ccccc2)OC1CN.NCC1OCOC1CN. The maximum Gasteiger partial charge on any atom is 0.184 e. The molecule has 28 nitrogen and oxygen atoms in total. The molecule has 77 heavy (non-hydrogen) atoms. The summed E-state index contributed by atoms with van der Waals surface area (Å²) < 4.78 is 65.1. The molecule has 7 rings (SSSR count). The lowest BCUT2D eigenvalue weighted by atomic mass is 10.2. The van der Waals surface area contributed by atoms with Crippen molar-refractivity contribution in [1.82, 2.24) is 0 Å². The van der Waals surface area contributed by atoms with Crippen LogP contribution in [0.15, 0.2) is 30.3 Å². The molecule has 1 aromatic carbocycles. The number of nitrogens with two attached hydrogens (primary N) is 14. The summed E-state index contributed by atoms with van der Waals surface area (Å²) in [4.78, 5) is 0. The molecule has 28 heteroatoms. The van der Waals surface area contributed by atoms with E-state index in [1.807, 2.05) is 44.2 Å². The van der Waals surface area contributed by atoms with Crippen LogP contribution in [-0.4, -0.2) is 219 Å². The number of ether oxygens (including phenoxy) is 12. The van der Waals surface area contributed by atoms with E-state index >= 15 is 0 Å². The lowest BCUT2D eigenvalue weighted by Gasteiger charge is -2.13. The summed E-state index contributed by atoms with van der Waals surface area (Å²) in [5.74, 6) is 0.357. The van der Waals surface area contributed by atoms with Crippen molar-refractivity contribution < 1.29 is 67.1 Å². The molecule has 0 aliphatic carbocycles. The van der Waals surface area contributed by atoms with Gasteiger partial charge in [-0.25, -0.2) is 0 Å². The molecular weight excluding hydrogens is 1010 g/mol. The minimum absolute atomic E-state index is 0.00782. The van der Waals surface area contributed by atoms with E-state index in [0.29, 0.717) is 91.2 Å². The molecule has 6 saturated heterocycles. The molecule has 0 saturated carbocycles. The van der Waals surface area contributed by atoms with Gasteiger partial charge >= 0.3 is 0 Å². The van der Waals surface area contributed by atoms with Crippen molar-refractivity contribution in [2.24, 2.45) is 86.2 Å². The number of benzene rings is 1. The molecule has 0 spiro atoms. The van der Waals surface area contributed by atoms with Crippen molar-refractivity contribution in [3.8, 4) is 0 Å². The van der Waals surface area contributed by atoms with Gasteiger partial charge in [0.2, 0.25) is 0 Å². The van der Waals surface area contributed by atoms with Crippen molar-refractivity contribution in [3.63, 3.8) is 0 Å². The van der Waals surface area contributed by atoms with E-state index in [4.69, 9.17) is 147 Å². The zero-order valence-electron chi connectivity index (χ0n) is 46.5. The summed E-state index contributed by atoms with van der Waals surface area (Å²) in [6, 6.07) is 9.80. The van der Waals surface area contributed by atoms with Crippen LogP contribution in [0.5, 0.6) is 0 Å². The first kappa shape index (κ1) is 73.1. The molecule has 6 aliphatic rings. The van der Waals surface area contributed by atoms with E-state index in [1.165, 1.54) is 0 Å². The van der Waals surface area contributed by atoms with Gasteiger partial charge in [-0.05, 0) is 19.8 Å². The van der Waals surface area contributed by atoms with Crippen LogP contribution in [0.25, 0.3) is 0 Å². The standard InChI is InChI=1S/C11H16N2O2.2C8H18N2O2.C7H16N2O2.C6H14N2O2.C5H12N2O2.C4H12N2O2/c12-6-9-10(7-13)15-11(14-9)8-4-2-1-3-5-8;1-5(2)8-11-6(3-9)7(4-10)12-8;1-2-3-8-11-6(4-9)7(5-10)12-8;1-2-7-10-5(3-8)6(4-9)11-7;1-4-9-5(2-7)6(3-8)10-4;6-1-4-5(2-7)9-3-8-4;5-1-3(7)4(8)2-6/h1-5,9-11H,6-7,12-13H2;5-8H,3-4,9-10H2,1-2H3;6-8H,2-5,9-10H2,1H3;5-7H,2-4,8-9H2,1H3;4-6H,2-3,7-8H2,1H3;4-5H,1-3,6-7H2;3-4,7-8H,1-2,5-6H2. The molecule has 1 aromatic rings. The maximum atomic E-state index is 8.67. The van der Waals surface area contributed by atoms with E-state index in [0.717, 1.165) is 24.8 Å². The van der Waals surface area contributed by atoms with Crippen LogP contribution < -0.4 is 80.3 Å². The van der Waals surface area contributed by atoms with Crippen LogP contribution in [0.4, 0.5) is 0 Å². The predicted molar refractivity (Wildman–Crippen MR) is 292 cm³/mol. The molecule has 0 aromatic heterocycles. The predicted octanol–water partition coefficient (Wildman–Crippen LogP) is -5.40. The Labute approximate surface area is 457 Å². The molecule has 14 unspecified atom stereocenters. The number of aliphatic hydroxyl groups is 2. The average Bonchev–Trinajstić information content (AvgIpc) is 4.35. The fourth-order valence-electron chi connectivity index (χ4n) is 7.87. The molecular formula is C49H106N14O14. The van der Waals surface area contributed by atoms with Crippen LogP contribution in [0.3, 0.4) is 0 Å². The van der Waals surface area contributed by atoms with E-state index in [1.54, 1.807) is 0 Å². The average molecular weight is 1120 g/mol. The van der Waals surface area contributed by atoms with Gasteiger partial charge in [-0.2, -0.15) is 0 Å². The number of aliphatic hydroxyl groups excluding tert-OH is 2. The molecule has 0 amide bonds. The fraction of sp³-hybridized carbons (Fsp3) is 0.878. The number of hydrogen-bond acceptors (Lipinski definition) is 28. The van der Waals surface area contributed by atoms with Crippen LogP contribution in [-0.2, 0) is 56.8 Å². The smallest absolute Gasteiger partial charge is 0.184 e. The lowest BCUT2D eigenvalue weighted by Crippen LogP contribution is -2.38. The molecule has 0 bridgehead atoms. The lowest BCUT2D eigenvalue weighted by molar-refractivity contribution is -0.0934. The van der Waals surface area contributed by atoms with Crippen molar-refractivity contribution in [2.45, 2.75) is 171 Å².